The molecule has 2 aliphatic rings. The molecule has 2 fully saturated rings. The number of likely N-dealkylation sites (tertiary alicyclic amines) is 2. The predicted octanol–water partition coefficient (Wildman–Crippen LogP) is 1.70. The molecule has 7 heteroatoms. The third kappa shape index (κ3) is 3.36. The predicted molar refractivity (Wildman–Crippen MR) is 94.8 cm³/mol. The number of carboxylic acid groups (broad SMARTS) is 1. The number of nitrogens with zero attached hydrogens (tertiary/aromatic N) is 2. The van der Waals surface area contributed by atoms with Gasteiger partial charge in [0.1, 0.15) is 0 Å². The average Bonchev–Trinajstić information content (AvgIpc) is 3.16. The molecule has 2 saturated heterocycles. The molecular formula is C17H21N3O3S. The molecule has 0 aliphatic carbocycles. The minimum atomic E-state index is -0.891. The molecule has 24 heavy (non-hydrogen) atoms. The van der Waals surface area contributed by atoms with Crippen LogP contribution in [-0.4, -0.2) is 57.6 Å². The highest BCUT2D eigenvalue weighted by Gasteiger charge is 2.40. The number of para-hydroxylation sites is 1. The van der Waals surface area contributed by atoms with Gasteiger partial charge in [0.25, 0.3) is 0 Å². The Labute approximate surface area is 146 Å². The largest absolute Gasteiger partial charge is 0.481 e. The van der Waals surface area contributed by atoms with E-state index in [1.54, 1.807) is 4.90 Å². The van der Waals surface area contributed by atoms with E-state index in [2.05, 4.69) is 5.32 Å². The van der Waals surface area contributed by atoms with Gasteiger partial charge in [0, 0.05) is 31.7 Å². The van der Waals surface area contributed by atoms with Crippen LogP contribution in [0.25, 0.3) is 0 Å². The summed E-state index contributed by atoms with van der Waals surface area (Å²) in [6.07, 6.45) is 0.922. The van der Waals surface area contributed by atoms with Crippen LogP contribution in [0.3, 0.4) is 0 Å². The first-order valence-electron chi connectivity index (χ1n) is 8.09. The van der Waals surface area contributed by atoms with Crippen LogP contribution in [0.4, 0.5) is 5.69 Å². The number of carbonyl (C=O) groups is 2. The van der Waals surface area contributed by atoms with Gasteiger partial charge in [-0.15, -0.1) is 0 Å². The molecule has 0 saturated carbocycles. The molecule has 2 aliphatic heterocycles. The van der Waals surface area contributed by atoms with Gasteiger partial charge in [0.15, 0.2) is 5.11 Å². The lowest BCUT2D eigenvalue weighted by molar-refractivity contribution is -0.141. The zero-order valence-electron chi connectivity index (χ0n) is 13.6. The monoisotopic (exact) mass is 347 g/mol. The Balaban J connectivity index is 1.59. The fourth-order valence-electron chi connectivity index (χ4n) is 3.34. The number of aryl methyl sites for hydroxylation is 1. The number of benzene rings is 1. The van der Waals surface area contributed by atoms with Crippen molar-refractivity contribution in [3.8, 4) is 0 Å². The lowest BCUT2D eigenvalue weighted by Crippen LogP contribution is -2.41. The highest BCUT2D eigenvalue weighted by atomic mass is 32.1. The van der Waals surface area contributed by atoms with Gasteiger partial charge in [-0.1, -0.05) is 18.2 Å². The van der Waals surface area contributed by atoms with E-state index in [0.29, 0.717) is 18.2 Å². The molecule has 1 aromatic rings. The zero-order chi connectivity index (χ0) is 17.3. The van der Waals surface area contributed by atoms with E-state index in [4.69, 9.17) is 17.3 Å². The maximum absolute atomic E-state index is 12.1. The second-order valence-electron chi connectivity index (χ2n) is 6.42. The lowest BCUT2D eigenvalue weighted by Gasteiger charge is -2.25. The van der Waals surface area contributed by atoms with Gasteiger partial charge in [-0.3, -0.25) is 9.59 Å². The summed E-state index contributed by atoms with van der Waals surface area (Å²) in [5, 5.41) is 13.0. The van der Waals surface area contributed by atoms with E-state index < -0.39 is 11.9 Å². The van der Waals surface area contributed by atoms with E-state index in [9.17, 15) is 9.59 Å². The Morgan fingerprint density at radius 3 is 2.75 bits per heavy atom. The molecule has 3 rings (SSSR count). The smallest absolute Gasteiger partial charge is 0.308 e. The number of anilines is 1. The first kappa shape index (κ1) is 16.7. The number of amides is 1. The van der Waals surface area contributed by atoms with Crippen LogP contribution in [-0.2, 0) is 9.59 Å². The number of hydrogen-bond donors (Lipinski definition) is 2. The molecular weight excluding hydrogens is 326 g/mol. The molecule has 2 heterocycles. The second-order valence-corrected chi connectivity index (χ2v) is 6.81. The van der Waals surface area contributed by atoms with Crippen LogP contribution in [0, 0.1) is 12.8 Å². The van der Waals surface area contributed by atoms with Crippen LogP contribution in [0.5, 0.6) is 0 Å². The molecule has 2 N–H and O–H groups in total. The number of thiocarbonyl (C=S) groups is 1. The molecule has 0 aromatic heterocycles. The van der Waals surface area contributed by atoms with Gasteiger partial charge in [-0.25, -0.2) is 0 Å². The zero-order valence-corrected chi connectivity index (χ0v) is 14.4. The standard InChI is InChI=1S/C17H21N3O3S/c1-11-4-2-3-5-14(11)18-17(24)19-7-6-13(10-19)20-9-12(16(22)23)8-15(20)21/h2-5,12-13H,6-10H2,1H3,(H,18,24)(H,22,23). The number of carbonyl (C=O) groups excluding carboxylic acids is 1. The topological polar surface area (TPSA) is 72.9 Å². The molecule has 2 unspecified atom stereocenters. The van der Waals surface area contributed by atoms with Crippen molar-refractivity contribution >= 4 is 34.9 Å². The summed E-state index contributed by atoms with van der Waals surface area (Å²) in [6.45, 7) is 3.75. The summed E-state index contributed by atoms with van der Waals surface area (Å²) in [6, 6.07) is 7.98. The summed E-state index contributed by atoms with van der Waals surface area (Å²) in [5.41, 5.74) is 2.10. The third-order valence-corrected chi connectivity index (χ3v) is 5.15. The van der Waals surface area contributed by atoms with Crippen molar-refractivity contribution in [3.05, 3.63) is 29.8 Å². The van der Waals surface area contributed by atoms with E-state index in [-0.39, 0.29) is 18.4 Å². The summed E-state index contributed by atoms with van der Waals surface area (Å²) in [4.78, 5) is 26.9. The Kier molecular flexibility index (Phi) is 4.71. The maximum atomic E-state index is 12.1. The van der Waals surface area contributed by atoms with Crippen molar-refractivity contribution in [1.29, 1.82) is 0 Å². The highest BCUT2D eigenvalue weighted by molar-refractivity contribution is 7.80. The molecule has 1 amide bonds. The quantitative estimate of drug-likeness (QED) is 0.811. The van der Waals surface area contributed by atoms with Crippen molar-refractivity contribution in [2.75, 3.05) is 25.0 Å². The summed E-state index contributed by atoms with van der Waals surface area (Å²) >= 11 is 5.49. The van der Waals surface area contributed by atoms with Gasteiger partial charge >= 0.3 is 5.97 Å². The molecule has 0 bridgehead atoms. The summed E-state index contributed by atoms with van der Waals surface area (Å²) in [7, 11) is 0. The molecule has 1 aromatic carbocycles. The Hall–Kier alpha value is -2.15. The third-order valence-electron chi connectivity index (χ3n) is 4.79. The fraction of sp³-hybridized carbons (Fsp3) is 0.471. The van der Waals surface area contributed by atoms with Crippen LogP contribution < -0.4 is 5.32 Å². The molecule has 2 atom stereocenters. The molecule has 0 spiro atoms. The molecule has 6 nitrogen and oxygen atoms in total. The summed E-state index contributed by atoms with van der Waals surface area (Å²) in [5.74, 6) is -1.53. The number of aliphatic carboxylic acids is 1. The Morgan fingerprint density at radius 1 is 1.33 bits per heavy atom. The van der Waals surface area contributed by atoms with Gasteiger partial charge in [-0.2, -0.15) is 0 Å². The van der Waals surface area contributed by atoms with Crippen LogP contribution in [0.1, 0.15) is 18.4 Å². The van der Waals surface area contributed by atoms with Gasteiger partial charge in [0.05, 0.1) is 12.0 Å². The Morgan fingerprint density at radius 2 is 2.08 bits per heavy atom. The van der Waals surface area contributed by atoms with E-state index in [1.807, 2.05) is 36.1 Å². The summed E-state index contributed by atoms with van der Waals surface area (Å²) < 4.78 is 0. The van der Waals surface area contributed by atoms with Gasteiger partial charge < -0.3 is 20.2 Å². The van der Waals surface area contributed by atoms with Crippen LogP contribution in [0.2, 0.25) is 0 Å². The number of rotatable bonds is 3. The fourth-order valence-corrected chi connectivity index (χ4v) is 3.61. The second kappa shape index (κ2) is 6.76. The molecule has 128 valence electrons. The molecule has 0 radical (unpaired) electrons. The highest BCUT2D eigenvalue weighted by Crippen LogP contribution is 2.26. The van der Waals surface area contributed by atoms with Crippen molar-refractivity contribution < 1.29 is 14.7 Å². The van der Waals surface area contributed by atoms with Gasteiger partial charge in [0.2, 0.25) is 5.91 Å². The number of carboxylic acids is 1. The van der Waals surface area contributed by atoms with E-state index in [1.165, 1.54) is 0 Å². The minimum Gasteiger partial charge on any atom is -0.481 e. The van der Waals surface area contributed by atoms with Crippen LogP contribution in [0.15, 0.2) is 24.3 Å². The van der Waals surface area contributed by atoms with Crippen LogP contribution >= 0.6 is 12.2 Å². The number of hydrogen-bond acceptors (Lipinski definition) is 3. The first-order valence-corrected chi connectivity index (χ1v) is 8.50. The minimum absolute atomic E-state index is 0.0403. The van der Waals surface area contributed by atoms with Gasteiger partial charge in [-0.05, 0) is 37.2 Å². The number of nitrogens with one attached hydrogen (secondary N) is 1. The van der Waals surface area contributed by atoms with Crippen molar-refractivity contribution in [1.82, 2.24) is 9.80 Å². The lowest BCUT2D eigenvalue weighted by atomic mass is 10.1. The van der Waals surface area contributed by atoms with E-state index in [0.717, 1.165) is 24.2 Å². The SMILES string of the molecule is Cc1ccccc1NC(=S)N1CCC(N2CC(C(=O)O)CC2=O)C1. The van der Waals surface area contributed by atoms with Crippen molar-refractivity contribution in [2.24, 2.45) is 5.92 Å². The van der Waals surface area contributed by atoms with E-state index >= 15 is 0 Å². The Bertz CT molecular complexity index is 679. The van der Waals surface area contributed by atoms with Crippen molar-refractivity contribution in [2.45, 2.75) is 25.8 Å². The normalized spacial score (nSPS) is 23.6. The maximum Gasteiger partial charge on any atom is 0.308 e. The first-order chi connectivity index (χ1) is 11.5. The average molecular weight is 347 g/mol. The van der Waals surface area contributed by atoms with Crippen molar-refractivity contribution in [3.63, 3.8) is 0 Å².